The number of fused-ring (bicyclic) bond motifs is 10. The van der Waals surface area contributed by atoms with E-state index in [-0.39, 0.29) is 0 Å². The lowest BCUT2D eigenvalue weighted by Gasteiger charge is -2.15. The van der Waals surface area contributed by atoms with Gasteiger partial charge in [0.1, 0.15) is 5.82 Å². The summed E-state index contributed by atoms with van der Waals surface area (Å²) in [7, 11) is 0. The minimum atomic E-state index is 0.707. The fourth-order valence-corrected chi connectivity index (χ4v) is 6.71. The van der Waals surface area contributed by atoms with E-state index in [1.807, 2.05) is 24.3 Å². The minimum absolute atomic E-state index is 0.707. The van der Waals surface area contributed by atoms with Crippen LogP contribution in [0.3, 0.4) is 0 Å². The zero-order valence-electron chi connectivity index (χ0n) is 23.3. The van der Waals surface area contributed by atoms with E-state index in [1.165, 1.54) is 43.1 Å². The molecular weight excluding hydrogens is 522 g/mol. The normalized spacial score (nSPS) is 11.7. The largest absolute Gasteiger partial charge is 0.293 e. The van der Waals surface area contributed by atoms with Gasteiger partial charge in [-0.25, -0.2) is 9.97 Å². The van der Waals surface area contributed by atoms with Crippen molar-refractivity contribution in [3.63, 3.8) is 0 Å². The van der Waals surface area contributed by atoms with Crippen molar-refractivity contribution in [1.29, 1.82) is 0 Å². The summed E-state index contributed by atoms with van der Waals surface area (Å²) >= 11 is 0. The van der Waals surface area contributed by atoms with Crippen molar-refractivity contribution in [2.24, 2.45) is 0 Å². The lowest BCUT2D eigenvalue weighted by atomic mass is 9.93. The monoisotopic (exact) mass is 547 g/mol. The second kappa shape index (κ2) is 9.37. The zero-order chi connectivity index (χ0) is 28.3. The van der Waals surface area contributed by atoms with Crippen molar-refractivity contribution in [1.82, 2.24) is 14.5 Å². The molecule has 0 aliphatic rings. The molecule has 0 atom stereocenters. The van der Waals surface area contributed by atoms with Crippen molar-refractivity contribution < 1.29 is 0 Å². The topological polar surface area (TPSA) is 30.7 Å². The molecule has 9 rings (SSSR count). The third-order valence-corrected chi connectivity index (χ3v) is 8.57. The summed E-state index contributed by atoms with van der Waals surface area (Å²) in [6.45, 7) is 0. The number of benzene rings is 7. The molecule has 0 saturated heterocycles. The van der Waals surface area contributed by atoms with E-state index in [0.29, 0.717) is 5.82 Å². The number of hydrogen-bond donors (Lipinski definition) is 0. The van der Waals surface area contributed by atoms with Crippen LogP contribution in [0.25, 0.3) is 82.6 Å². The van der Waals surface area contributed by atoms with Gasteiger partial charge in [0.25, 0.3) is 0 Å². The van der Waals surface area contributed by atoms with Crippen LogP contribution in [-0.2, 0) is 0 Å². The summed E-state index contributed by atoms with van der Waals surface area (Å²) in [5, 5.41) is 9.95. The van der Waals surface area contributed by atoms with Gasteiger partial charge in [-0.3, -0.25) is 4.57 Å². The van der Waals surface area contributed by atoms with E-state index < -0.39 is 0 Å². The maximum Gasteiger partial charge on any atom is 0.162 e. The summed E-state index contributed by atoms with van der Waals surface area (Å²) in [5.41, 5.74) is 5.23. The number of nitrogens with zero attached hydrogens (tertiary/aromatic N) is 3. The molecule has 3 nitrogen and oxygen atoms in total. The zero-order valence-corrected chi connectivity index (χ0v) is 23.3. The Labute approximate surface area is 248 Å². The molecule has 7 aromatic carbocycles. The van der Waals surface area contributed by atoms with Gasteiger partial charge in [0.05, 0.1) is 16.7 Å². The first-order valence-corrected chi connectivity index (χ1v) is 14.6. The predicted octanol–water partition coefficient (Wildman–Crippen LogP) is 10.4. The molecule has 0 amide bonds. The van der Waals surface area contributed by atoms with Gasteiger partial charge in [-0.1, -0.05) is 140 Å². The first-order chi connectivity index (χ1) is 21.3. The highest BCUT2D eigenvalue weighted by atomic mass is 15.1. The molecule has 2 aromatic heterocycles. The lowest BCUT2D eigenvalue weighted by Crippen LogP contribution is -2.03. The number of rotatable bonds is 3. The van der Waals surface area contributed by atoms with Crippen molar-refractivity contribution in [2.45, 2.75) is 0 Å². The van der Waals surface area contributed by atoms with Gasteiger partial charge in [0.15, 0.2) is 5.82 Å². The molecule has 3 heteroatoms. The van der Waals surface area contributed by atoms with Gasteiger partial charge in [-0.05, 0) is 33.0 Å². The Morgan fingerprint density at radius 1 is 0.419 bits per heavy atom. The Morgan fingerprint density at radius 3 is 1.79 bits per heavy atom. The minimum Gasteiger partial charge on any atom is -0.293 e. The SMILES string of the molecule is c1ccc(-c2cc(-n3c4ccccc4c4c5ccccc5c5c6ccccc6ccc5c43)nc(-c3ccccc3)n2)cc1. The first kappa shape index (κ1) is 23.9. The van der Waals surface area contributed by atoms with Crippen LogP contribution in [-0.4, -0.2) is 14.5 Å². The lowest BCUT2D eigenvalue weighted by molar-refractivity contribution is 1.05. The van der Waals surface area contributed by atoms with Crippen molar-refractivity contribution in [2.75, 3.05) is 0 Å². The van der Waals surface area contributed by atoms with Crippen LogP contribution in [0.15, 0.2) is 152 Å². The van der Waals surface area contributed by atoms with Crippen molar-refractivity contribution in [3.8, 4) is 28.5 Å². The number of para-hydroxylation sites is 1. The van der Waals surface area contributed by atoms with Gasteiger partial charge in [-0.2, -0.15) is 0 Å². The number of hydrogen-bond acceptors (Lipinski definition) is 2. The molecule has 9 aromatic rings. The smallest absolute Gasteiger partial charge is 0.162 e. The molecule has 0 unspecified atom stereocenters. The Hall–Kier alpha value is -5.80. The van der Waals surface area contributed by atoms with Crippen LogP contribution in [0.5, 0.6) is 0 Å². The van der Waals surface area contributed by atoms with E-state index in [9.17, 15) is 0 Å². The van der Waals surface area contributed by atoms with E-state index in [4.69, 9.17) is 9.97 Å². The van der Waals surface area contributed by atoms with Crippen LogP contribution < -0.4 is 0 Å². The second-order valence-corrected chi connectivity index (χ2v) is 11.0. The highest BCUT2D eigenvalue weighted by molar-refractivity contribution is 6.35. The van der Waals surface area contributed by atoms with Gasteiger partial charge in [0.2, 0.25) is 0 Å². The highest BCUT2D eigenvalue weighted by Gasteiger charge is 2.21. The standard InChI is InChI=1S/C40H25N3/c1-3-14-27(15-4-1)34-25-36(42-40(41-34)28-16-5-2-6-17-28)43-35-22-12-11-21-32(35)38-31-20-10-9-19-30(31)37-29-18-8-7-13-26(29)23-24-33(37)39(38)43/h1-25H. The molecule has 43 heavy (non-hydrogen) atoms. The summed E-state index contributed by atoms with van der Waals surface area (Å²) in [6.07, 6.45) is 0. The van der Waals surface area contributed by atoms with Crippen LogP contribution in [0.2, 0.25) is 0 Å². The van der Waals surface area contributed by atoms with E-state index in [1.54, 1.807) is 0 Å². The predicted molar refractivity (Wildman–Crippen MR) is 180 cm³/mol. The van der Waals surface area contributed by atoms with Crippen molar-refractivity contribution >= 4 is 54.1 Å². The van der Waals surface area contributed by atoms with E-state index in [0.717, 1.165) is 33.7 Å². The van der Waals surface area contributed by atoms with Gasteiger partial charge in [-0.15, -0.1) is 0 Å². The Bertz CT molecular complexity index is 2440. The molecule has 0 aliphatic carbocycles. The molecule has 0 N–H and O–H groups in total. The third-order valence-electron chi connectivity index (χ3n) is 8.57. The molecule has 0 radical (unpaired) electrons. The third kappa shape index (κ3) is 3.62. The molecular formula is C40H25N3. The van der Waals surface area contributed by atoms with Crippen LogP contribution in [0.1, 0.15) is 0 Å². The Morgan fingerprint density at radius 2 is 1.02 bits per heavy atom. The van der Waals surface area contributed by atoms with E-state index in [2.05, 4.69) is 132 Å². The number of aromatic nitrogens is 3. The molecule has 2 heterocycles. The van der Waals surface area contributed by atoms with Crippen molar-refractivity contribution in [3.05, 3.63) is 152 Å². The van der Waals surface area contributed by atoms with Gasteiger partial charge in [0, 0.05) is 33.4 Å². The molecule has 200 valence electrons. The Kier molecular flexibility index (Phi) is 5.20. The summed E-state index contributed by atoms with van der Waals surface area (Å²) in [4.78, 5) is 10.3. The fourth-order valence-electron chi connectivity index (χ4n) is 6.71. The molecule has 0 aliphatic heterocycles. The second-order valence-electron chi connectivity index (χ2n) is 11.0. The summed E-state index contributed by atoms with van der Waals surface area (Å²) in [5.74, 6) is 1.56. The molecule has 0 saturated carbocycles. The maximum absolute atomic E-state index is 5.27. The average molecular weight is 548 g/mol. The summed E-state index contributed by atoms with van der Waals surface area (Å²) < 4.78 is 2.36. The average Bonchev–Trinajstić information content (AvgIpc) is 3.44. The quantitative estimate of drug-likeness (QED) is 0.206. The van der Waals surface area contributed by atoms with Crippen LogP contribution >= 0.6 is 0 Å². The first-order valence-electron chi connectivity index (χ1n) is 14.6. The molecule has 0 fully saturated rings. The highest BCUT2D eigenvalue weighted by Crippen LogP contribution is 2.44. The fraction of sp³-hybridized carbons (Fsp3) is 0. The maximum atomic E-state index is 5.27. The Balaban J connectivity index is 1.50. The van der Waals surface area contributed by atoms with Crippen LogP contribution in [0, 0.1) is 0 Å². The van der Waals surface area contributed by atoms with E-state index >= 15 is 0 Å². The van der Waals surface area contributed by atoms with Gasteiger partial charge < -0.3 is 0 Å². The molecule has 0 spiro atoms. The van der Waals surface area contributed by atoms with Gasteiger partial charge >= 0.3 is 0 Å². The van der Waals surface area contributed by atoms with Crippen LogP contribution in [0.4, 0.5) is 0 Å². The summed E-state index contributed by atoms with van der Waals surface area (Å²) in [6, 6.07) is 53.6. The molecule has 0 bridgehead atoms.